The molecule has 1 saturated heterocycles. The van der Waals surface area contributed by atoms with Crippen molar-refractivity contribution in [2.75, 3.05) is 26.2 Å². The van der Waals surface area contributed by atoms with Gasteiger partial charge in [0.15, 0.2) is 0 Å². The van der Waals surface area contributed by atoms with Crippen molar-refractivity contribution in [3.8, 4) is 5.75 Å². The summed E-state index contributed by atoms with van der Waals surface area (Å²) in [6.07, 6.45) is 4.92. The van der Waals surface area contributed by atoms with Crippen LogP contribution in [0.25, 0.3) is 0 Å². The molecule has 5 nitrogen and oxygen atoms in total. The lowest BCUT2D eigenvalue weighted by atomic mass is 10.1. The zero-order chi connectivity index (χ0) is 18.1. The van der Waals surface area contributed by atoms with Gasteiger partial charge in [0.1, 0.15) is 5.75 Å². The van der Waals surface area contributed by atoms with Crippen molar-refractivity contribution in [1.29, 1.82) is 0 Å². The maximum absolute atomic E-state index is 12.9. The van der Waals surface area contributed by atoms with Crippen LogP contribution >= 0.6 is 0 Å². The van der Waals surface area contributed by atoms with Crippen molar-refractivity contribution in [2.45, 2.75) is 63.0 Å². The quantitative estimate of drug-likeness (QED) is 0.822. The standard InChI is InChI=1S/C19H30N2O3S/c1-19(2,3)20-12-14-21(15-13-20)25(22,23)18-10-8-17(9-11-18)24-16-6-4-5-7-16/h8-11,16H,4-7,12-15H2,1-3H3. The fraction of sp³-hybridized carbons (Fsp3) is 0.684. The Labute approximate surface area is 152 Å². The molecule has 1 heterocycles. The molecule has 2 aliphatic rings. The van der Waals surface area contributed by atoms with Gasteiger partial charge in [-0.15, -0.1) is 0 Å². The molecule has 0 bridgehead atoms. The van der Waals surface area contributed by atoms with Crippen LogP contribution < -0.4 is 4.74 Å². The van der Waals surface area contributed by atoms with Crippen molar-refractivity contribution in [3.05, 3.63) is 24.3 Å². The van der Waals surface area contributed by atoms with Crippen LogP contribution in [0.3, 0.4) is 0 Å². The molecular weight excluding hydrogens is 336 g/mol. The molecule has 3 rings (SSSR count). The zero-order valence-corrected chi connectivity index (χ0v) is 16.4. The third kappa shape index (κ3) is 4.36. The molecule has 1 aliphatic carbocycles. The third-order valence-corrected chi connectivity index (χ3v) is 7.17. The predicted octanol–water partition coefficient (Wildman–Crippen LogP) is 3.11. The average molecular weight is 367 g/mol. The molecular formula is C19H30N2O3S. The van der Waals surface area contributed by atoms with Crippen molar-refractivity contribution in [2.24, 2.45) is 0 Å². The fourth-order valence-corrected chi connectivity index (χ4v) is 5.06. The normalized spacial score (nSPS) is 21.6. The molecule has 140 valence electrons. The molecule has 2 fully saturated rings. The molecule has 0 unspecified atom stereocenters. The first-order valence-electron chi connectivity index (χ1n) is 9.29. The SMILES string of the molecule is CC(C)(C)N1CCN(S(=O)(=O)c2ccc(OC3CCCC3)cc2)CC1. The molecule has 1 aromatic carbocycles. The van der Waals surface area contributed by atoms with Crippen molar-refractivity contribution < 1.29 is 13.2 Å². The maximum atomic E-state index is 12.9. The second-order valence-electron chi connectivity index (χ2n) is 8.06. The first-order chi connectivity index (χ1) is 11.8. The van der Waals surface area contributed by atoms with Gasteiger partial charge in [-0.1, -0.05) is 0 Å². The highest BCUT2D eigenvalue weighted by Gasteiger charge is 2.32. The van der Waals surface area contributed by atoms with Gasteiger partial charge in [-0.2, -0.15) is 4.31 Å². The molecule has 0 N–H and O–H groups in total. The number of piperazine rings is 1. The summed E-state index contributed by atoms with van der Waals surface area (Å²) in [5.74, 6) is 0.767. The number of hydrogen-bond donors (Lipinski definition) is 0. The summed E-state index contributed by atoms with van der Waals surface area (Å²) in [5, 5.41) is 0. The molecule has 0 atom stereocenters. The first-order valence-corrected chi connectivity index (χ1v) is 10.7. The van der Waals surface area contributed by atoms with E-state index in [-0.39, 0.29) is 11.6 Å². The van der Waals surface area contributed by atoms with Gasteiger partial charge >= 0.3 is 0 Å². The summed E-state index contributed by atoms with van der Waals surface area (Å²) in [6.45, 7) is 9.12. The van der Waals surface area contributed by atoms with E-state index in [1.165, 1.54) is 12.8 Å². The highest BCUT2D eigenvalue weighted by Crippen LogP contribution is 2.26. The van der Waals surface area contributed by atoms with Crippen LogP contribution in [0.4, 0.5) is 0 Å². The smallest absolute Gasteiger partial charge is 0.243 e. The van der Waals surface area contributed by atoms with Gasteiger partial charge in [0.05, 0.1) is 11.0 Å². The van der Waals surface area contributed by atoms with E-state index in [0.29, 0.717) is 18.0 Å². The Morgan fingerprint density at radius 3 is 2.04 bits per heavy atom. The van der Waals surface area contributed by atoms with Gasteiger partial charge in [0.2, 0.25) is 10.0 Å². The molecule has 6 heteroatoms. The molecule has 1 saturated carbocycles. The molecule has 0 radical (unpaired) electrons. The van der Waals surface area contributed by atoms with Crippen LogP contribution in [0.2, 0.25) is 0 Å². The zero-order valence-electron chi connectivity index (χ0n) is 15.6. The summed E-state index contributed by atoms with van der Waals surface area (Å²) >= 11 is 0. The van der Waals surface area contributed by atoms with E-state index in [2.05, 4.69) is 25.7 Å². The van der Waals surface area contributed by atoms with Gasteiger partial charge in [0.25, 0.3) is 0 Å². The Bertz CT molecular complexity index is 666. The summed E-state index contributed by atoms with van der Waals surface area (Å²) < 4.78 is 33.3. The van der Waals surface area contributed by atoms with Gasteiger partial charge < -0.3 is 4.74 Å². The highest BCUT2D eigenvalue weighted by molar-refractivity contribution is 7.89. The Morgan fingerprint density at radius 1 is 0.960 bits per heavy atom. The monoisotopic (exact) mass is 366 g/mol. The molecule has 0 amide bonds. The van der Waals surface area contributed by atoms with E-state index in [1.54, 1.807) is 28.6 Å². The lowest BCUT2D eigenvalue weighted by Crippen LogP contribution is -2.54. The Balaban J connectivity index is 1.64. The van der Waals surface area contributed by atoms with E-state index >= 15 is 0 Å². The Kier molecular flexibility index (Phi) is 5.42. The Morgan fingerprint density at radius 2 is 1.52 bits per heavy atom. The minimum Gasteiger partial charge on any atom is -0.490 e. The average Bonchev–Trinajstić information content (AvgIpc) is 3.08. The molecule has 1 aromatic rings. The van der Waals surface area contributed by atoms with E-state index < -0.39 is 10.0 Å². The minimum absolute atomic E-state index is 0.0785. The summed E-state index contributed by atoms with van der Waals surface area (Å²) in [4.78, 5) is 2.69. The number of sulfonamides is 1. The van der Waals surface area contributed by atoms with Crippen molar-refractivity contribution in [1.82, 2.24) is 9.21 Å². The minimum atomic E-state index is -3.42. The van der Waals surface area contributed by atoms with Crippen molar-refractivity contribution in [3.63, 3.8) is 0 Å². The number of ether oxygens (including phenoxy) is 1. The fourth-order valence-electron chi connectivity index (χ4n) is 3.64. The largest absolute Gasteiger partial charge is 0.490 e. The lowest BCUT2D eigenvalue weighted by Gasteiger charge is -2.41. The predicted molar refractivity (Wildman–Crippen MR) is 99.4 cm³/mol. The number of rotatable bonds is 4. The molecule has 0 aromatic heterocycles. The van der Waals surface area contributed by atoms with Crippen molar-refractivity contribution >= 4 is 10.0 Å². The lowest BCUT2D eigenvalue weighted by molar-refractivity contribution is 0.0922. The summed E-state index contributed by atoms with van der Waals surface area (Å²) in [7, 11) is -3.42. The van der Waals surface area contributed by atoms with Crippen LogP contribution in [-0.4, -0.2) is 55.4 Å². The Hall–Kier alpha value is -1.11. The second-order valence-corrected chi connectivity index (χ2v) is 10.00. The second kappa shape index (κ2) is 7.25. The first kappa shape index (κ1) is 18.7. The number of benzene rings is 1. The van der Waals surface area contributed by atoms with Crippen LogP contribution in [-0.2, 0) is 10.0 Å². The summed E-state index contributed by atoms with van der Waals surface area (Å²) in [5.41, 5.74) is 0.0785. The van der Waals surface area contributed by atoms with Gasteiger partial charge in [-0.25, -0.2) is 8.42 Å². The van der Waals surface area contributed by atoms with Gasteiger partial charge in [-0.05, 0) is 70.7 Å². The van der Waals surface area contributed by atoms with Crippen LogP contribution in [0, 0.1) is 0 Å². The van der Waals surface area contributed by atoms with E-state index in [4.69, 9.17) is 4.74 Å². The molecule has 1 aliphatic heterocycles. The van der Waals surface area contributed by atoms with Crippen LogP contribution in [0.15, 0.2) is 29.2 Å². The number of hydrogen-bond acceptors (Lipinski definition) is 4. The topological polar surface area (TPSA) is 49.9 Å². The third-order valence-electron chi connectivity index (χ3n) is 5.25. The molecule has 25 heavy (non-hydrogen) atoms. The highest BCUT2D eigenvalue weighted by atomic mass is 32.2. The maximum Gasteiger partial charge on any atom is 0.243 e. The summed E-state index contributed by atoms with van der Waals surface area (Å²) in [6, 6.07) is 6.93. The van der Waals surface area contributed by atoms with Crippen LogP contribution in [0.5, 0.6) is 5.75 Å². The van der Waals surface area contributed by atoms with E-state index in [9.17, 15) is 8.42 Å². The molecule has 0 spiro atoms. The van der Waals surface area contributed by atoms with Gasteiger partial charge in [0, 0.05) is 31.7 Å². The van der Waals surface area contributed by atoms with E-state index in [1.807, 2.05) is 0 Å². The van der Waals surface area contributed by atoms with Gasteiger partial charge in [-0.3, -0.25) is 4.90 Å². The number of nitrogens with zero attached hydrogens (tertiary/aromatic N) is 2. The van der Waals surface area contributed by atoms with E-state index in [0.717, 1.165) is 31.7 Å². The van der Waals surface area contributed by atoms with Crippen LogP contribution in [0.1, 0.15) is 46.5 Å².